The van der Waals surface area contributed by atoms with Gasteiger partial charge in [0.2, 0.25) is 21.9 Å². The lowest BCUT2D eigenvalue weighted by atomic mass is 10.2. The number of nitrogens with one attached hydrogen (secondary N) is 3. The molecule has 0 spiro atoms. The third kappa shape index (κ3) is 9.50. The van der Waals surface area contributed by atoms with Gasteiger partial charge in [0.15, 0.2) is 0 Å². The Kier molecular flexibility index (Phi) is 11.9. The molecule has 24 heteroatoms. The molecule has 4 rings (SSSR count). The van der Waals surface area contributed by atoms with Gasteiger partial charge in [-0.05, 0) is 31.2 Å². The summed E-state index contributed by atoms with van der Waals surface area (Å²) >= 11 is 17.6. The van der Waals surface area contributed by atoms with Crippen molar-refractivity contribution in [2.75, 3.05) is 23.4 Å². The number of aromatic carboxylic acids is 1. The number of anilines is 2. The fraction of sp³-hybridized carbons (Fsp3) is 0.167. The molecule has 48 heavy (non-hydrogen) atoms. The van der Waals surface area contributed by atoms with Gasteiger partial charge < -0.3 is 9.84 Å². The summed E-state index contributed by atoms with van der Waals surface area (Å²) < 4.78 is 82.2. The van der Waals surface area contributed by atoms with Crippen molar-refractivity contribution in [3.8, 4) is 11.6 Å². The van der Waals surface area contributed by atoms with Gasteiger partial charge in [0.25, 0.3) is 10.0 Å². The molecule has 0 atom stereocenters. The van der Waals surface area contributed by atoms with Crippen LogP contribution in [0.3, 0.4) is 0 Å². The van der Waals surface area contributed by atoms with Gasteiger partial charge >= 0.3 is 24.2 Å². The van der Waals surface area contributed by atoms with Gasteiger partial charge in [-0.1, -0.05) is 46.9 Å². The Morgan fingerprint density at radius 2 is 1.67 bits per heavy atom. The summed E-state index contributed by atoms with van der Waals surface area (Å²) in [6, 6.07) is 7.22. The number of carbonyl (C=O) groups is 2. The smallest absolute Gasteiger partial charge is 0.355 e. The molecule has 0 fully saturated rings. The molecule has 0 aliphatic carbocycles. The molecule has 17 nitrogen and oxygen atoms in total. The normalized spacial score (nSPS) is 11.4. The number of amides is 2. The number of rotatable bonds is 9. The number of hydrogen-bond acceptors (Lipinski definition) is 11. The van der Waals surface area contributed by atoms with Crippen LogP contribution in [0.4, 0.5) is 25.2 Å². The Morgan fingerprint density at radius 3 is 2.23 bits per heavy atom. The van der Waals surface area contributed by atoms with Crippen LogP contribution >= 0.6 is 34.8 Å². The molecule has 0 saturated heterocycles. The standard InChI is InChI=1S/C13H11ClN4O6S.C11H10Cl2F2N4O3S/c1-24-10-6-9(14)15-12(16-10)17-13(21)18-25(22,23)8-5-3-2-4-7(8)11(19)20;1-5-16-19(11(20)18(5)10(14)15)9-4-8(17-23(2,21)22)6(12)3-7(9)13/h2-6H,1H3,(H,19,20)(H2,15,16,17,18,21);3-4,10,17H,1-2H3. The first-order valence-corrected chi connectivity index (χ1v) is 16.9. The first-order valence-electron chi connectivity index (χ1n) is 12.4. The Morgan fingerprint density at radius 1 is 1.02 bits per heavy atom. The zero-order valence-electron chi connectivity index (χ0n) is 24.3. The zero-order chi connectivity index (χ0) is 36.1. The topological polar surface area (TPSA) is 234 Å². The van der Waals surface area contributed by atoms with E-state index in [4.69, 9.17) is 44.6 Å². The molecule has 258 valence electrons. The molecule has 0 aliphatic heterocycles. The summed E-state index contributed by atoms with van der Waals surface area (Å²) in [7, 11) is -6.78. The van der Waals surface area contributed by atoms with Crippen molar-refractivity contribution < 1.29 is 45.0 Å². The quantitative estimate of drug-likeness (QED) is 0.178. The van der Waals surface area contributed by atoms with Crippen LogP contribution < -0.4 is 25.2 Å². The highest BCUT2D eigenvalue weighted by Crippen LogP contribution is 2.31. The van der Waals surface area contributed by atoms with Crippen LogP contribution in [0.15, 0.2) is 52.2 Å². The van der Waals surface area contributed by atoms with Crippen LogP contribution in [0.5, 0.6) is 5.88 Å². The van der Waals surface area contributed by atoms with E-state index in [0.717, 1.165) is 24.5 Å². The van der Waals surface area contributed by atoms with E-state index in [2.05, 4.69) is 25.1 Å². The van der Waals surface area contributed by atoms with Gasteiger partial charge in [0.1, 0.15) is 15.9 Å². The fourth-order valence-electron chi connectivity index (χ4n) is 3.57. The highest BCUT2D eigenvalue weighted by molar-refractivity contribution is 7.92. The predicted octanol–water partition coefficient (Wildman–Crippen LogP) is 3.76. The third-order valence-corrected chi connectivity index (χ3v) is 8.26. The first-order chi connectivity index (χ1) is 22.2. The molecule has 2 amide bonds. The number of aromatic nitrogens is 5. The summed E-state index contributed by atoms with van der Waals surface area (Å²) in [6.07, 6.45) is 0.902. The number of nitrogens with zero attached hydrogens (tertiary/aromatic N) is 5. The predicted molar refractivity (Wildman–Crippen MR) is 169 cm³/mol. The number of halogens is 5. The first kappa shape index (κ1) is 37.9. The molecule has 2 aromatic heterocycles. The van der Waals surface area contributed by atoms with Crippen molar-refractivity contribution in [3.05, 3.63) is 79.5 Å². The molecule has 0 saturated carbocycles. The second kappa shape index (κ2) is 15.1. The van der Waals surface area contributed by atoms with Crippen molar-refractivity contribution in [2.45, 2.75) is 18.4 Å². The number of ether oxygens (including phenoxy) is 1. The summed E-state index contributed by atoms with van der Waals surface area (Å²) in [5.74, 6) is -1.93. The largest absolute Gasteiger partial charge is 0.481 e. The van der Waals surface area contributed by atoms with E-state index in [1.54, 1.807) is 4.72 Å². The number of aryl methyl sites for hydroxylation is 1. The monoisotopic (exact) mass is 772 g/mol. The molecule has 0 unspecified atom stereocenters. The zero-order valence-corrected chi connectivity index (χ0v) is 28.2. The van der Waals surface area contributed by atoms with Gasteiger partial charge in [-0.2, -0.15) is 18.4 Å². The SMILES string of the molecule is COc1cc(Cl)nc(NC(=O)NS(=O)(=O)c2ccccc2C(=O)O)n1.Cc1nn(-c2cc(NS(C)(=O)=O)c(Cl)cc2Cl)c(=O)n1C(F)F. The van der Waals surface area contributed by atoms with Crippen LogP contribution in [0.25, 0.3) is 5.69 Å². The Hall–Kier alpha value is -4.57. The molecular weight excluding hydrogens is 753 g/mol. The van der Waals surface area contributed by atoms with Crippen molar-refractivity contribution in [2.24, 2.45) is 0 Å². The minimum Gasteiger partial charge on any atom is -0.481 e. The summed E-state index contributed by atoms with van der Waals surface area (Å²) in [4.78, 5) is 41.9. The number of methoxy groups -OCH3 is 1. The number of benzene rings is 2. The van der Waals surface area contributed by atoms with Crippen LogP contribution in [-0.4, -0.2) is 71.6 Å². The molecule has 0 aliphatic rings. The van der Waals surface area contributed by atoms with Crippen LogP contribution in [0.2, 0.25) is 15.2 Å². The number of alkyl halides is 2. The molecular formula is C24H21Cl3F2N8O9S2. The molecule has 4 aromatic rings. The van der Waals surface area contributed by atoms with Crippen molar-refractivity contribution >= 4 is 78.5 Å². The summed E-state index contributed by atoms with van der Waals surface area (Å²) in [6.45, 7) is -1.85. The number of urea groups is 1. The van der Waals surface area contributed by atoms with E-state index >= 15 is 0 Å². The van der Waals surface area contributed by atoms with Crippen LogP contribution in [0, 0.1) is 6.92 Å². The maximum atomic E-state index is 12.8. The lowest BCUT2D eigenvalue weighted by Gasteiger charge is -2.10. The minimum atomic E-state index is -4.44. The van der Waals surface area contributed by atoms with Gasteiger partial charge in [-0.3, -0.25) is 10.0 Å². The van der Waals surface area contributed by atoms with Gasteiger partial charge in [0, 0.05) is 6.07 Å². The highest BCUT2D eigenvalue weighted by Gasteiger charge is 2.25. The van der Waals surface area contributed by atoms with Gasteiger partial charge in [0.05, 0.1) is 40.3 Å². The molecule has 4 N–H and O–H groups in total. The molecule has 2 heterocycles. The van der Waals surface area contributed by atoms with E-state index in [9.17, 15) is 40.0 Å². The van der Waals surface area contributed by atoms with Gasteiger partial charge in [-0.15, -0.1) is 5.10 Å². The van der Waals surface area contributed by atoms with Crippen molar-refractivity contribution in [3.63, 3.8) is 0 Å². The summed E-state index contributed by atoms with van der Waals surface area (Å²) in [5, 5.41) is 14.7. The summed E-state index contributed by atoms with van der Waals surface area (Å²) in [5.41, 5.74) is -1.75. The van der Waals surface area contributed by atoms with Crippen LogP contribution in [-0.2, 0) is 20.0 Å². The van der Waals surface area contributed by atoms with Crippen LogP contribution in [0.1, 0.15) is 22.7 Å². The second-order valence-corrected chi connectivity index (χ2v) is 13.6. The fourth-order valence-corrected chi connectivity index (χ4v) is 5.99. The van der Waals surface area contributed by atoms with E-state index in [-0.39, 0.29) is 48.8 Å². The molecule has 0 bridgehead atoms. The Bertz CT molecular complexity index is 2170. The lowest BCUT2D eigenvalue weighted by Crippen LogP contribution is -2.35. The maximum absolute atomic E-state index is 12.8. The second-order valence-electron chi connectivity index (χ2n) is 8.96. The van der Waals surface area contributed by atoms with E-state index < -0.39 is 54.7 Å². The Balaban J connectivity index is 0.000000261. The van der Waals surface area contributed by atoms with Crippen molar-refractivity contribution in [1.82, 2.24) is 29.0 Å². The average molecular weight is 774 g/mol. The maximum Gasteiger partial charge on any atom is 0.355 e. The number of carboxylic acids is 1. The van der Waals surface area contributed by atoms with Crippen molar-refractivity contribution in [1.29, 1.82) is 0 Å². The number of hydrogen-bond donors (Lipinski definition) is 4. The number of carboxylic acid groups (broad SMARTS) is 1. The molecule has 2 aromatic carbocycles. The van der Waals surface area contributed by atoms with E-state index in [0.29, 0.717) is 4.68 Å². The number of carbonyl (C=O) groups excluding carboxylic acids is 1. The van der Waals surface area contributed by atoms with E-state index in [1.807, 2.05) is 0 Å². The average Bonchev–Trinajstić information content (AvgIpc) is 3.26. The third-order valence-electron chi connectivity index (χ3n) is 5.48. The van der Waals surface area contributed by atoms with Gasteiger partial charge in [-0.25, -0.2) is 45.5 Å². The Labute approximate surface area is 284 Å². The van der Waals surface area contributed by atoms with E-state index in [1.165, 1.54) is 38.3 Å². The molecule has 0 radical (unpaired) electrons. The minimum absolute atomic E-state index is 0.0257. The highest BCUT2D eigenvalue weighted by atomic mass is 35.5. The number of sulfonamides is 2. The lowest BCUT2D eigenvalue weighted by molar-refractivity contribution is 0.0639.